The van der Waals surface area contributed by atoms with Crippen molar-refractivity contribution < 1.29 is 13.0 Å². The van der Waals surface area contributed by atoms with Crippen molar-refractivity contribution in [2.45, 2.75) is 10.6 Å². The second-order valence-corrected chi connectivity index (χ2v) is 4.84. The zero-order valence-corrected chi connectivity index (χ0v) is 9.58. The van der Waals surface area contributed by atoms with E-state index in [2.05, 4.69) is 4.98 Å². The van der Waals surface area contributed by atoms with Crippen molar-refractivity contribution in [1.82, 2.24) is 4.98 Å². The van der Waals surface area contributed by atoms with Crippen molar-refractivity contribution in [1.29, 1.82) is 0 Å². The third-order valence-electron chi connectivity index (χ3n) is 2.16. The van der Waals surface area contributed by atoms with E-state index in [4.69, 9.17) is 0 Å². The van der Waals surface area contributed by atoms with Crippen LogP contribution in [0.25, 0.3) is 0 Å². The van der Waals surface area contributed by atoms with Crippen LogP contribution in [0.1, 0.15) is 5.69 Å². The molecule has 88 valence electrons. The molecule has 1 aromatic carbocycles. The molecular weight excluding hydrogens is 244 g/mol. The van der Waals surface area contributed by atoms with Crippen LogP contribution in [0.2, 0.25) is 0 Å². The number of aromatic nitrogens is 1. The number of pyridine rings is 1. The largest absolute Gasteiger partial charge is 0.260 e. The highest BCUT2D eigenvalue weighted by molar-refractivity contribution is 7.84. The van der Waals surface area contributed by atoms with E-state index in [9.17, 15) is 13.0 Å². The van der Waals surface area contributed by atoms with Crippen LogP contribution in [0, 0.1) is 11.6 Å². The van der Waals surface area contributed by atoms with E-state index in [1.54, 1.807) is 24.4 Å². The fourth-order valence-electron chi connectivity index (χ4n) is 1.32. The van der Waals surface area contributed by atoms with Gasteiger partial charge in [-0.1, -0.05) is 6.07 Å². The molecule has 1 aromatic heterocycles. The molecule has 0 N–H and O–H groups in total. The lowest BCUT2D eigenvalue weighted by Crippen LogP contribution is -1.99. The summed E-state index contributed by atoms with van der Waals surface area (Å²) in [6.45, 7) is 0. The first kappa shape index (κ1) is 11.9. The zero-order chi connectivity index (χ0) is 12.3. The molecule has 0 radical (unpaired) electrons. The Morgan fingerprint density at radius 1 is 1.12 bits per heavy atom. The first-order valence-corrected chi connectivity index (χ1v) is 6.22. The van der Waals surface area contributed by atoms with Crippen LogP contribution in [0.4, 0.5) is 8.78 Å². The van der Waals surface area contributed by atoms with Gasteiger partial charge in [0.25, 0.3) is 0 Å². The topological polar surface area (TPSA) is 30.0 Å². The molecule has 0 saturated heterocycles. The van der Waals surface area contributed by atoms with Crippen LogP contribution < -0.4 is 0 Å². The lowest BCUT2D eigenvalue weighted by atomic mass is 10.3. The maximum Gasteiger partial charge on any atom is 0.160 e. The molecule has 17 heavy (non-hydrogen) atoms. The number of hydrogen-bond donors (Lipinski definition) is 0. The van der Waals surface area contributed by atoms with E-state index in [0.717, 1.165) is 12.1 Å². The van der Waals surface area contributed by atoms with Gasteiger partial charge in [0.15, 0.2) is 11.6 Å². The summed E-state index contributed by atoms with van der Waals surface area (Å²) in [7, 11) is -1.42. The van der Waals surface area contributed by atoms with Crippen molar-refractivity contribution >= 4 is 10.8 Å². The smallest absolute Gasteiger partial charge is 0.160 e. The average molecular weight is 253 g/mol. The molecule has 0 aliphatic carbocycles. The number of rotatable bonds is 3. The Bertz CT molecular complexity index is 545. The number of halogens is 2. The summed E-state index contributed by atoms with van der Waals surface area (Å²) < 4.78 is 37.5. The van der Waals surface area contributed by atoms with E-state index < -0.39 is 22.4 Å². The summed E-state index contributed by atoms with van der Waals surface area (Å²) in [4.78, 5) is 4.28. The van der Waals surface area contributed by atoms with Crippen LogP contribution >= 0.6 is 0 Å². The Balaban J connectivity index is 2.18. The minimum absolute atomic E-state index is 0.186. The Morgan fingerprint density at radius 3 is 2.59 bits per heavy atom. The predicted molar refractivity (Wildman–Crippen MR) is 60.7 cm³/mol. The maximum absolute atomic E-state index is 13.0. The highest BCUT2D eigenvalue weighted by Crippen LogP contribution is 2.14. The van der Waals surface area contributed by atoms with Crippen molar-refractivity contribution in [3.63, 3.8) is 0 Å². The SMILES string of the molecule is O=S(Cc1ccccn1)c1ccc(F)c(F)c1. The molecule has 0 spiro atoms. The van der Waals surface area contributed by atoms with Gasteiger partial charge in [-0.25, -0.2) is 8.78 Å². The maximum atomic E-state index is 13.0. The summed E-state index contributed by atoms with van der Waals surface area (Å²) in [5.74, 6) is -1.74. The standard InChI is InChI=1S/C12H9F2NOS/c13-11-5-4-10(7-12(11)14)17(16)8-9-3-1-2-6-15-9/h1-7H,8H2. The summed E-state index contributed by atoms with van der Waals surface area (Å²) in [5, 5.41) is 0. The van der Waals surface area contributed by atoms with E-state index in [1.807, 2.05) is 0 Å². The van der Waals surface area contributed by atoms with E-state index >= 15 is 0 Å². The number of hydrogen-bond acceptors (Lipinski definition) is 2. The molecule has 0 saturated carbocycles. The molecule has 0 fully saturated rings. The molecule has 0 amide bonds. The summed E-state index contributed by atoms with van der Waals surface area (Å²) in [5.41, 5.74) is 0.649. The lowest BCUT2D eigenvalue weighted by Gasteiger charge is -2.02. The van der Waals surface area contributed by atoms with Gasteiger partial charge < -0.3 is 0 Å². The van der Waals surface area contributed by atoms with Gasteiger partial charge in [-0.2, -0.15) is 0 Å². The Morgan fingerprint density at radius 2 is 1.94 bits per heavy atom. The molecule has 0 aliphatic heterocycles. The fourth-order valence-corrected chi connectivity index (χ4v) is 2.38. The molecule has 2 rings (SSSR count). The van der Waals surface area contributed by atoms with Gasteiger partial charge in [0.05, 0.1) is 22.2 Å². The Labute approximate surface area is 99.8 Å². The Kier molecular flexibility index (Phi) is 3.58. The van der Waals surface area contributed by atoms with Crippen LogP contribution in [0.15, 0.2) is 47.5 Å². The summed E-state index contributed by atoms with van der Waals surface area (Å²) in [6.07, 6.45) is 1.60. The molecule has 5 heteroatoms. The van der Waals surface area contributed by atoms with Crippen LogP contribution in [-0.2, 0) is 16.6 Å². The predicted octanol–water partition coefficient (Wildman–Crippen LogP) is 2.67. The molecule has 1 atom stereocenters. The van der Waals surface area contributed by atoms with Crippen LogP contribution in [0.5, 0.6) is 0 Å². The highest BCUT2D eigenvalue weighted by Gasteiger charge is 2.09. The van der Waals surface area contributed by atoms with Gasteiger partial charge in [0.1, 0.15) is 0 Å². The summed E-state index contributed by atoms with van der Waals surface area (Å²) >= 11 is 0. The van der Waals surface area contributed by atoms with Crippen LogP contribution in [0.3, 0.4) is 0 Å². The minimum Gasteiger partial charge on any atom is -0.260 e. The molecule has 1 heterocycles. The Hall–Kier alpha value is -1.62. The number of benzene rings is 1. The van der Waals surface area contributed by atoms with Crippen LogP contribution in [-0.4, -0.2) is 9.19 Å². The summed E-state index contributed by atoms with van der Waals surface area (Å²) in [6, 6.07) is 8.51. The van der Waals surface area contributed by atoms with Gasteiger partial charge in [0, 0.05) is 11.1 Å². The quantitative estimate of drug-likeness (QED) is 0.841. The second-order valence-electron chi connectivity index (χ2n) is 3.39. The van der Waals surface area contributed by atoms with Crippen molar-refractivity contribution in [2.75, 3.05) is 0 Å². The first-order chi connectivity index (χ1) is 8.16. The van der Waals surface area contributed by atoms with Crippen molar-refractivity contribution in [3.05, 3.63) is 59.9 Å². The zero-order valence-electron chi connectivity index (χ0n) is 8.77. The van der Waals surface area contributed by atoms with Crippen molar-refractivity contribution in [3.8, 4) is 0 Å². The molecule has 2 aromatic rings. The molecule has 0 aliphatic rings. The normalized spacial score (nSPS) is 12.4. The van der Waals surface area contributed by atoms with Crippen molar-refractivity contribution in [2.24, 2.45) is 0 Å². The van der Waals surface area contributed by atoms with Gasteiger partial charge in [-0.3, -0.25) is 9.19 Å². The van der Waals surface area contributed by atoms with E-state index in [0.29, 0.717) is 5.69 Å². The average Bonchev–Trinajstić information content (AvgIpc) is 2.34. The monoisotopic (exact) mass is 253 g/mol. The molecule has 2 nitrogen and oxygen atoms in total. The third kappa shape index (κ3) is 2.94. The molecule has 0 bridgehead atoms. The first-order valence-electron chi connectivity index (χ1n) is 4.90. The van der Waals surface area contributed by atoms with E-state index in [-0.39, 0.29) is 10.6 Å². The van der Waals surface area contributed by atoms with Gasteiger partial charge in [-0.15, -0.1) is 0 Å². The molecular formula is C12H9F2NOS. The van der Waals surface area contributed by atoms with Gasteiger partial charge in [-0.05, 0) is 30.3 Å². The lowest BCUT2D eigenvalue weighted by molar-refractivity contribution is 0.505. The number of nitrogens with zero attached hydrogens (tertiary/aromatic N) is 1. The minimum atomic E-state index is -1.42. The van der Waals surface area contributed by atoms with Gasteiger partial charge in [0.2, 0.25) is 0 Å². The molecule has 1 unspecified atom stereocenters. The second kappa shape index (κ2) is 5.14. The van der Waals surface area contributed by atoms with E-state index in [1.165, 1.54) is 6.07 Å². The highest BCUT2D eigenvalue weighted by atomic mass is 32.2. The van der Waals surface area contributed by atoms with Gasteiger partial charge >= 0.3 is 0 Å². The fraction of sp³-hybridized carbons (Fsp3) is 0.0833. The third-order valence-corrected chi connectivity index (χ3v) is 3.50.